The van der Waals surface area contributed by atoms with Crippen molar-refractivity contribution >= 4 is 11.7 Å². The van der Waals surface area contributed by atoms with Crippen LogP contribution in [0.2, 0.25) is 0 Å². The SMILES string of the molecule is O=C(O)c1ccncc1Oc1cc(F)c([N+](=O)[O-])cc1F. The van der Waals surface area contributed by atoms with E-state index >= 15 is 0 Å². The number of aromatic nitrogens is 1. The highest BCUT2D eigenvalue weighted by molar-refractivity contribution is 5.90. The van der Waals surface area contributed by atoms with E-state index in [4.69, 9.17) is 9.84 Å². The van der Waals surface area contributed by atoms with Gasteiger partial charge in [0.05, 0.1) is 17.2 Å². The summed E-state index contributed by atoms with van der Waals surface area (Å²) in [5.74, 6) is -4.87. The van der Waals surface area contributed by atoms with E-state index in [1.165, 1.54) is 6.20 Å². The summed E-state index contributed by atoms with van der Waals surface area (Å²) in [6, 6.07) is 1.92. The van der Waals surface area contributed by atoms with E-state index in [1.54, 1.807) is 0 Å². The van der Waals surface area contributed by atoms with Gasteiger partial charge in [-0.2, -0.15) is 4.39 Å². The lowest BCUT2D eigenvalue weighted by Gasteiger charge is -2.08. The van der Waals surface area contributed by atoms with Crippen molar-refractivity contribution in [2.75, 3.05) is 0 Å². The number of halogens is 2. The molecule has 1 aromatic carbocycles. The number of benzene rings is 1. The molecule has 9 heteroatoms. The highest BCUT2D eigenvalue weighted by Crippen LogP contribution is 2.31. The largest absolute Gasteiger partial charge is 0.478 e. The summed E-state index contributed by atoms with van der Waals surface area (Å²) >= 11 is 0. The first kappa shape index (κ1) is 14.3. The summed E-state index contributed by atoms with van der Waals surface area (Å²) in [4.78, 5) is 23.9. The third-order valence-electron chi connectivity index (χ3n) is 2.43. The lowest BCUT2D eigenvalue weighted by Crippen LogP contribution is -2.02. The van der Waals surface area contributed by atoms with Crippen LogP contribution in [0.5, 0.6) is 11.5 Å². The van der Waals surface area contributed by atoms with Crippen LogP contribution in [0, 0.1) is 21.7 Å². The average molecular weight is 296 g/mol. The molecule has 2 rings (SSSR count). The summed E-state index contributed by atoms with van der Waals surface area (Å²) in [6.45, 7) is 0. The van der Waals surface area contributed by atoms with Crippen LogP contribution in [0.15, 0.2) is 30.6 Å². The first-order chi connectivity index (χ1) is 9.90. The quantitative estimate of drug-likeness (QED) is 0.687. The van der Waals surface area contributed by atoms with Crippen LogP contribution in [-0.4, -0.2) is 21.0 Å². The second-order valence-electron chi connectivity index (χ2n) is 3.77. The Morgan fingerprint density at radius 1 is 1.29 bits per heavy atom. The lowest BCUT2D eigenvalue weighted by atomic mass is 10.2. The molecule has 0 saturated carbocycles. The number of hydrogen-bond acceptors (Lipinski definition) is 5. The molecule has 0 fully saturated rings. The minimum absolute atomic E-state index is 0.317. The fourth-order valence-electron chi connectivity index (χ4n) is 1.49. The smallest absolute Gasteiger partial charge is 0.339 e. The first-order valence-electron chi connectivity index (χ1n) is 5.38. The molecule has 0 spiro atoms. The number of carbonyl (C=O) groups is 1. The number of nitrogens with zero attached hydrogens (tertiary/aromatic N) is 2. The Labute approximate surface area is 115 Å². The molecule has 0 aliphatic carbocycles. The Hall–Kier alpha value is -3.10. The molecular weight excluding hydrogens is 290 g/mol. The standard InChI is InChI=1S/C12H6F2N2O5/c13-7-4-10(8(14)3-9(7)16(19)20)21-11-5-15-2-1-6(11)12(17)18/h1-5H,(H,17,18). The van der Waals surface area contributed by atoms with Gasteiger partial charge in [-0.05, 0) is 6.07 Å². The van der Waals surface area contributed by atoms with E-state index in [-0.39, 0.29) is 11.3 Å². The summed E-state index contributed by atoms with van der Waals surface area (Å²) in [5.41, 5.74) is -1.37. The Bertz CT molecular complexity index is 736. The fraction of sp³-hybridized carbons (Fsp3) is 0. The molecule has 0 bridgehead atoms. The molecule has 0 saturated heterocycles. The third-order valence-corrected chi connectivity index (χ3v) is 2.43. The molecule has 1 heterocycles. The van der Waals surface area contributed by atoms with Crippen LogP contribution in [0.3, 0.4) is 0 Å². The summed E-state index contributed by atoms with van der Waals surface area (Å²) in [6.07, 6.45) is 2.19. The predicted octanol–water partition coefficient (Wildman–Crippen LogP) is 2.76. The molecule has 21 heavy (non-hydrogen) atoms. The Morgan fingerprint density at radius 3 is 2.62 bits per heavy atom. The van der Waals surface area contributed by atoms with Gasteiger partial charge < -0.3 is 9.84 Å². The van der Waals surface area contributed by atoms with Crippen molar-refractivity contribution in [3.05, 3.63) is 57.9 Å². The predicted molar refractivity (Wildman–Crippen MR) is 64.3 cm³/mol. The van der Waals surface area contributed by atoms with Crippen molar-refractivity contribution in [3.8, 4) is 11.5 Å². The van der Waals surface area contributed by atoms with Gasteiger partial charge in [0.15, 0.2) is 17.3 Å². The number of rotatable bonds is 4. The number of nitro groups is 1. The van der Waals surface area contributed by atoms with Crippen LogP contribution in [0.25, 0.3) is 0 Å². The number of hydrogen-bond donors (Lipinski definition) is 1. The molecule has 7 nitrogen and oxygen atoms in total. The van der Waals surface area contributed by atoms with Gasteiger partial charge in [0.2, 0.25) is 5.82 Å². The minimum Gasteiger partial charge on any atom is -0.478 e. The van der Waals surface area contributed by atoms with Gasteiger partial charge in [0.1, 0.15) is 5.56 Å². The lowest BCUT2D eigenvalue weighted by molar-refractivity contribution is -0.387. The van der Waals surface area contributed by atoms with E-state index in [0.717, 1.165) is 12.3 Å². The number of aromatic carboxylic acids is 1. The van der Waals surface area contributed by atoms with Crippen LogP contribution in [0.4, 0.5) is 14.5 Å². The highest BCUT2D eigenvalue weighted by atomic mass is 19.1. The fourth-order valence-corrected chi connectivity index (χ4v) is 1.49. The molecule has 0 amide bonds. The van der Waals surface area contributed by atoms with Gasteiger partial charge in [-0.25, -0.2) is 9.18 Å². The molecule has 1 aromatic heterocycles. The maximum absolute atomic E-state index is 13.6. The first-order valence-corrected chi connectivity index (χ1v) is 5.38. The Kier molecular flexibility index (Phi) is 3.74. The highest BCUT2D eigenvalue weighted by Gasteiger charge is 2.21. The summed E-state index contributed by atoms with van der Waals surface area (Å²) in [7, 11) is 0. The molecule has 0 unspecified atom stereocenters. The molecule has 1 N–H and O–H groups in total. The monoisotopic (exact) mass is 296 g/mol. The maximum atomic E-state index is 13.6. The van der Waals surface area contributed by atoms with E-state index in [0.29, 0.717) is 12.1 Å². The van der Waals surface area contributed by atoms with Gasteiger partial charge in [0, 0.05) is 12.3 Å². The van der Waals surface area contributed by atoms with Crippen molar-refractivity contribution in [1.82, 2.24) is 4.98 Å². The minimum atomic E-state index is -1.35. The van der Waals surface area contributed by atoms with Gasteiger partial charge in [0.25, 0.3) is 0 Å². The molecule has 108 valence electrons. The number of ether oxygens (including phenoxy) is 1. The van der Waals surface area contributed by atoms with Crippen LogP contribution in [0.1, 0.15) is 10.4 Å². The van der Waals surface area contributed by atoms with Crippen LogP contribution < -0.4 is 4.74 Å². The average Bonchev–Trinajstić information content (AvgIpc) is 2.42. The van der Waals surface area contributed by atoms with E-state index < -0.39 is 34.0 Å². The zero-order chi connectivity index (χ0) is 15.6. The Morgan fingerprint density at radius 2 is 2.00 bits per heavy atom. The normalized spacial score (nSPS) is 10.2. The zero-order valence-electron chi connectivity index (χ0n) is 10.1. The van der Waals surface area contributed by atoms with E-state index in [1.807, 2.05) is 0 Å². The van der Waals surface area contributed by atoms with Crippen LogP contribution >= 0.6 is 0 Å². The van der Waals surface area contributed by atoms with E-state index in [2.05, 4.69) is 4.98 Å². The molecule has 0 aliphatic heterocycles. The molecule has 0 atom stereocenters. The van der Waals surface area contributed by atoms with Gasteiger partial charge >= 0.3 is 11.7 Å². The number of pyridine rings is 1. The van der Waals surface area contributed by atoms with Crippen molar-refractivity contribution < 1.29 is 28.3 Å². The second-order valence-corrected chi connectivity index (χ2v) is 3.77. The summed E-state index contributed by atoms with van der Waals surface area (Å²) < 4.78 is 32.0. The maximum Gasteiger partial charge on any atom is 0.339 e. The van der Waals surface area contributed by atoms with Crippen molar-refractivity contribution in [2.24, 2.45) is 0 Å². The second kappa shape index (κ2) is 5.49. The molecule has 2 aromatic rings. The van der Waals surface area contributed by atoms with Gasteiger partial charge in [-0.15, -0.1) is 0 Å². The third kappa shape index (κ3) is 2.91. The molecular formula is C12H6F2N2O5. The van der Waals surface area contributed by atoms with Crippen molar-refractivity contribution in [2.45, 2.75) is 0 Å². The molecule has 0 aliphatic rings. The number of carboxylic acid groups (broad SMARTS) is 1. The molecule has 0 radical (unpaired) electrons. The van der Waals surface area contributed by atoms with Crippen molar-refractivity contribution in [1.29, 1.82) is 0 Å². The van der Waals surface area contributed by atoms with E-state index in [9.17, 15) is 23.7 Å². The van der Waals surface area contributed by atoms with Crippen LogP contribution in [-0.2, 0) is 0 Å². The van der Waals surface area contributed by atoms with Crippen molar-refractivity contribution in [3.63, 3.8) is 0 Å². The van der Waals surface area contributed by atoms with Gasteiger partial charge in [-0.3, -0.25) is 15.1 Å². The number of carboxylic acids is 1. The zero-order valence-corrected chi connectivity index (χ0v) is 10.1. The Balaban J connectivity index is 2.44. The topological polar surface area (TPSA) is 103 Å². The summed E-state index contributed by atoms with van der Waals surface area (Å²) in [5, 5.41) is 19.4. The number of nitro benzene ring substituents is 1. The van der Waals surface area contributed by atoms with Gasteiger partial charge in [-0.1, -0.05) is 0 Å².